The fourth-order valence-corrected chi connectivity index (χ4v) is 2.88. The quantitative estimate of drug-likeness (QED) is 0.859. The average molecular weight is 313 g/mol. The molecule has 3 rings (SSSR count). The van der Waals surface area contributed by atoms with Crippen molar-refractivity contribution in [1.29, 1.82) is 0 Å². The van der Waals surface area contributed by atoms with E-state index in [1.165, 1.54) is 18.2 Å². The summed E-state index contributed by atoms with van der Waals surface area (Å²) in [7, 11) is 0. The second kappa shape index (κ2) is 5.91. The summed E-state index contributed by atoms with van der Waals surface area (Å²) >= 11 is 0. The number of halogens is 3. The van der Waals surface area contributed by atoms with Crippen molar-refractivity contribution in [2.75, 3.05) is 19.7 Å². The highest BCUT2D eigenvalue weighted by Crippen LogP contribution is 2.36. The molecule has 0 bridgehead atoms. The summed E-state index contributed by atoms with van der Waals surface area (Å²) in [6.45, 7) is 1.42. The first kappa shape index (κ1) is 15.3. The molecule has 3 nitrogen and oxygen atoms in total. The smallest absolute Gasteiger partial charge is 0.374 e. The minimum atomic E-state index is -4.43. The molecule has 0 aromatic heterocycles. The zero-order valence-corrected chi connectivity index (χ0v) is 12.1. The zero-order valence-electron chi connectivity index (χ0n) is 12.1. The molecule has 1 aromatic carbocycles. The van der Waals surface area contributed by atoms with Crippen molar-refractivity contribution in [3.05, 3.63) is 35.4 Å². The van der Waals surface area contributed by atoms with Gasteiger partial charge in [0.2, 0.25) is 5.91 Å². The molecule has 1 saturated heterocycles. The number of hydrogen-bond donors (Lipinski definition) is 0. The number of carbonyl (C=O) groups excluding carboxylic acids is 1. The number of ether oxygens (including phenoxy) is 1. The molecule has 2 aliphatic rings. The molecule has 1 amide bonds. The summed E-state index contributed by atoms with van der Waals surface area (Å²) in [6, 6.07) is 5.27. The molecule has 1 aliphatic carbocycles. The van der Waals surface area contributed by atoms with E-state index >= 15 is 0 Å². The number of morpholine rings is 1. The lowest BCUT2D eigenvalue weighted by Gasteiger charge is -2.33. The van der Waals surface area contributed by atoms with E-state index in [0.29, 0.717) is 25.6 Å². The second-order valence-electron chi connectivity index (χ2n) is 5.92. The Morgan fingerprint density at radius 2 is 2.00 bits per heavy atom. The minimum Gasteiger partial charge on any atom is -0.374 e. The van der Waals surface area contributed by atoms with Crippen molar-refractivity contribution in [2.24, 2.45) is 5.92 Å². The van der Waals surface area contributed by atoms with Crippen LogP contribution in [0.25, 0.3) is 0 Å². The molecule has 1 saturated carbocycles. The maximum Gasteiger partial charge on any atom is 0.416 e. The van der Waals surface area contributed by atoms with Gasteiger partial charge in [0, 0.05) is 13.1 Å². The van der Waals surface area contributed by atoms with Crippen molar-refractivity contribution >= 4 is 5.91 Å². The molecule has 1 heterocycles. The molecule has 2 fully saturated rings. The number of amides is 1. The summed E-state index contributed by atoms with van der Waals surface area (Å²) in [6.07, 6.45) is -2.37. The van der Waals surface area contributed by atoms with Crippen molar-refractivity contribution < 1.29 is 22.7 Å². The third kappa shape index (κ3) is 3.43. The number of hydrogen-bond acceptors (Lipinski definition) is 2. The molecule has 1 aromatic rings. The fraction of sp³-hybridized carbons (Fsp3) is 0.562. The van der Waals surface area contributed by atoms with E-state index < -0.39 is 11.7 Å². The lowest BCUT2D eigenvalue weighted by molar-refractivity contribution is -0.141. The zero-order chi connectivity index (χ0) is 15.7. The van der Waals surface area contributed by atoms with Crippen molar-refractivity contribution in [2.45, 2.75) is 31.5 Å². The van der Waals surface area contributed by atoms with Gasteiger partial charge in [0.1, 0.15) is 0 Å². The summed E-state index contributed by atoms with van der Waals surface area (Å²) in [5.74, 6) is 0.253. The predicted molar refractivity (Wildman–Crippen MR) is 74.2 cm³/mol. The van der Waals surface area contributed by atoms with Gasteiger partial charge in [-0.2, -0.15) is 13.2 Å². The van der Waals surface area contributed by atoms with E-state index in [0.717, 1.165) is 18.9 Å². The largest absolute Gasteiger partial charge is 0.416 e. The van der Waals surface area contributed by atoms with Crippen molar-refractivity contribution in [3.63, 3.8) is 0 Å². The maximum atomic E-state index is 13.0. The third-order valence-corrected chi connectivity index (χ3v) is 4.26. The Hall–Kier alpha value is -1.56. The number of nitrogens with zero attached hydrogens (tertiary/aromatic N) is 1. The summed E-state index contributed by atoms with van der Waals surface area (Å²) < 4.78 is 44.6. The summed E-state index contributed by atoms with van der Waals surface area (Å²) in [5, 5.41) is 0. The Kier molecular flexibility index (Phi) is 4.12. The number of benzene rings is 1. The van der Waals surface area contributed by atoms with Crippen LogP contribution < -0.4 is 0 Å². The summed E-state index contributed by atoms with van der Waals surface area (Å²) in [4.78, 5) is 14.0. The van der Waals surface area contributed by atoms with Gasteiger partial charge in [0.05, 0.1) is 24.7 Å². The van der Waals surface area contributed by atoms with Crippen LogP contribution in [-0.2, 0) is 22.1 Å². The molecular formula is C16H18F3NO2. The molecule has 0 N–H and O–H groups in total. The molecule has 6 heteroatoms. The van der Waals surface area contributed by atoms with Crippen LogP contribution in [0.2, 0.25) is 0 Å². The van der Waals surface area contributed by atoms with E-state index in [-0.39, 0.29) is 24.0 Å². The van der Waals surface area contributed by atoms with Crippen LogP contribution in [0.5, 0.6) is 0 Å². The van der Waals surface area contributed by atoms with E-state index in [1.807, 2.05) is 0 Å². The van der Waals surface area contributed by atoms with Crippen LogP contribution in [0, 0.1) is 5.92 Å². The van der Waals surface area contributed by atoms with Gasteiger partial charge in [-0.15, -0.1) is 0 Å². The van der Waals surface area contributed by atoms with Crippen molar-refractivity contribution in [3.8, 4) is 0 Å². The SMILES string of the molecule is O=C(Cc1ccccc1C(F)(F)F)N1CCO[C@H](C2CC2)C1. The van der Waals surface area contributed by atoms with E-state index in [2.05, 4.69) is 0 Å². The number of rotatable bonds is 3. The molecule has 0 unspecified atom stereocenters. The minimum absolute atomic E-state index is 0.0365. The van der Waals surface area contributed by atoms with Crippen LogP contribution >= 0.6 is 0 Å². The highest BCUT2D eigenvalue weighted by Gasteiger charge is 2.37. The van der Waals surface area contributed by atoms with Crippen LogP contribution in [0.3, 0.4) is 0 Å². The van der Waals surface area contributed by atoms with E-state index in [4.69, 9.17) is 4.74 Å². The Bertz CT molecular complexity index is 555. The summed E-state index contributed by atoms with van der Waals surface area (Å²) in [5.41, 5.74) is -0.690. The first-order chi connectivity index (χ1) is 10.4. The van der Waals surface area contributed by atoms with Gasteiger partial charge in [0.15, 0.2) is 0 Å². The van der Waals surface area contributed by atoms with Crippen LogP contribution in [0.15, 0.2) is 24.3 Å². The van der Waals surface area contributed by atoms with Gasteiger partial charge in [0.25, 0.3) is 0 Å². The number of alkyl halides is 3. The Morgan fingerprint density at radius 1 is 1.27 bits per heavy atom. The molecule has 1 aliphatic heterocycles. The fourth-order valence-electron chi connectivity index (χ4n) is 2.88. The van der Waals surface area contributed by atoms with Gasteiger partial charge in [-0.05, 0) is 30.4 Å². The van der Waals surface area contributed by atoms with Crippen LogP contribution in [0.4, 0.5) is 13.2 Å². The third-order valence-electron chi connectivity index (χ3n) is 4.26. The first-order valence-electron chi connectivity index (χ1n) is 7.49. The van der Waals surface area contributed by atoms with Gasteiger partial charge in [-0.25, -0.2) is 0 Å². The topological polar surface area (TPSA) is 29.5 Å². The first-order valence-corrected chi connectivity index (χ1v) is 7.49. The molecule has 1 atom stereocenters. The average Bonchev–Trinajstić information content (AvgIpc) is 3.31. The van der Waals surface area contributed by atoms with E-state index in [9.17, 15) is 18.0 Å². The Balaban J connectivity index is 1.69. The second-order valence-corrected chi connectivity index (χ2v) is 5.92. The monoisotopic (exact) mass is 313 g/mol. The molecule has 22 heavy (non-hydrogen) atoms. The highest BCUT2D eigenvalue weighted by atomic mass is 19.4. The van der Waals surface area contributed by atoms with Gasteiger partial charge >= 0.3 is 6.18 Å². The Labute approximate surface area is 127 Å². The van der Waals surface area contributed by atoms with Crippen molar-refractivity contribution in [1.82, 2.24) is 4.90 Å². The Morgan fingerprint density at radius 3 is 2.68 bits per heavy atom. The molecular weight excluding hydrogens is 295 g/mol. The van der Waals surface area contributed by atoms with Crippen LogP contribution in [0.1, 0.15) is 24.0 Å². The maximum absolute atomic E-state index is 13.0. The van der Waals surface area contributed by atoms with Crippen LogP contribution in [-0.4, -0.2) is 36.6 Å². The predicted octanol–water partition coefficient (Wildman–Crippen LogP) is 2.89. The molecule has 0 spiro atoms. The van der Waals surface area contributed by atoms with E-state index in [1.54, 1.807) is 4.90 Å². The van der Waals surface area contributed by atoms with Gasteiger partial charge in [-0.1, -0.05) is 18.2 Å². The number of carbonyl (C=O) groups is 1. The lowest BCUT2D eigenvalue weighted by atomic mass is 10.0. The normalized spacial score (nSPS) is 22.7. The molecule has 120 valence electrons. The highest BCUT2D eigenvalue weighted by molar-refractivity contribution is 5.79. The standard InChI is InChI=1S/C16H18F3NO2/c17-16(18,19)13-4-2-1-3-12(13)9-15(21)20-7-8-22-14(10-20)11-5-6-11/h1-4,11,14H,5-10H2/t14-/m0/s1. The van der Waals surface area contributed by atoms with Gasteiger partial charge in [-0.3, -0.25) is 4.79 Å². The lowest BCUT2D eigenvalue weighted by Crippen LogP contribution is -2.47. The van der Waals surface area contributed by atoms with Gasteiger partial charge < -0.3 is 9.64 Å². The molecule has 0 radical (unpaired) electrons.